The Balaban J connectivity index is 2.16. The van der Waals surface area contributed by atoms with Gasteiger partial charge in [-0.3, -0.25) is 0 Å². The van der Waals surface area contributed by atoms with Crippen molar-refractivity contribution in [3.05, 3.63) is 47.0 Å². The number of hydrogen-bond acceptors (Lipinski definition) is 6. The molecule has 1 aromatic heterocycles. The predicted octanol–water partition coefficient (Wildman–Crippen LogP) is 2.81. The molecule has 6 nitrogen and oxygen atoms in total. The van der Waals surface area contributed by atoms with Gasteiger partial charge in [-0.1, -0.05) is 12.1 Å². The highest BCUT2D eigenvalue weighted by atomic mass is 16.5. The fourth-order valence-corrected chi connectivity index (χ4v) is 2.14. The Morgan fingerprint density at radius 3 is 2.57 bits per heavy atom. The first-order chi connectivity index (χ1) is 11.1. The Hall–Kier alpha value is -2.76. The molecule has 1 heterocycles. The summed E-state index contributed by atoms with van der Waals surface area (Å²) in [4.78, 5) is 15.9. The van der Waals surface area contributed by atoms with Crippen molar-refractivity contribution < 1.29 is 19.0 Å². The van der Waals surface area contributed by atoms with E-state index in [4.69, 9.17) is 14.2 Å². The summed E-state index contributed by atoms with van der Waals surface area (Å²) in [7, 11) is 4.42. The van der Waals surface area contributed by atoms with Crippen LogP contribution in [0, 0.1) is 6.92 Å². The van der Waals surface area contributed by atoms with E-state index < -0.39 is 5.97 Å². The van der Waals surface area contributed by atoms with Gasteiger partial charge in [0.2, 0.25) is 5.88 Å². The monoisotopic (exact) mass is 316 g/mol. The first-order valence-corrected chi connectivity index (χ1v) is 7.09. The number of nitrogens with one attached hydrogen (secondary N) is 1. The van der Waals surface area contributed by atoms with Crippen molar-refractivity contribution in [2.45, 2.75) is 13.5 Å². The second-order valence-corrected chi connectivity index (χ2v) is 4.91. The Morgan fingerprint density at radius 2 is 1.91 bits per heavy atom. The normalized spacial score (nSPS) is 10.1. The Bertz CT molecular complexity index is 701. The van der Waals surface area contributed by atoms with Crippen LogP contribution in [0.4, 0.5) is 5.82 Å². The van der Waals surface area contributed by atoms with E-state index in [0.717, 1.165) is 16.9 Å². The maximum Gasteiger partial charge on any atom is 0.343 e. The molecule has 0 fully saturated rings. The number of carbonyl (C=O) groups is 1. The maximum atomic E-state index is 11.6. The van der Waals surface area contributed by atoms with Gasteiger partial charge in [-0.2, -0.15) is 4.98 Å². The van der Waals surface area contributed by atoms with Crippen LogP contribution in [0.5, 0.6) is 11.6 Å². The minimum atomic E-state index is -0.485. The molecule has 1 aromatic carbocycles. The van der Waals surface area contributed by atoms with Crippen LogP contribution in [-0.2, 0) is 11.3 Å². The van der Waals surface area contributed by atoms with Gasteiger partial charge < -0.3 is 19.5 Å². The van der Waals surface area contributed by atoms with Crippen LogP contribution in [-0.4, -0.2) is 32.3 Å². The number of hydrogen-bond donors (Lipinski definition) is 1. The molecule has 0 aliphatic carbocycles. The molecule has 0 aliphatic rings. The summed E-state index contributed by atoms with van der Waals surface area (Å²) in [6, 6.07) is 9.32. The minimum Gasteiger partial charge on any atom is -0.496 e. The largest absolute Gasteiger partial charge is 0.496 e. The SMILES string of the molecule is COC(=O)c1ccc(NCc2ccc(C)cc2OC)nc1OC. The first kappa shape index (κ1) is 16.6. The van der Waals surface area contributed by atoms with Gasteiger partial charge in [0, 0.05) is 12.1 Å². The molecular weight excluding hydrogens is 296 g/mol. The van der Waals surface area contributed by atoms with E-state index in [9.17, 15) is 4.79 Å². The number of nitrogens with zero attached hydrogens (tertiary/aromatic N) is 1. The number of pyridine rings is 1. The molecule has 0 bridgehead atoms. The zero-order valence-electron chi connectivity index (χ0n) is 13.7. The van der Waals surface area contributed by atoms with Crippen LogP contribution in [0.1, 0.15) is 21.5 Å². The van der Waals surface area contributed by atoms with Crippen molar-refractivity contribution in [1.82, 2.24) is 4.98 Å². The molecule has 0 aliphatic heterocycles. The lowest BCUT2D eigenvalue weighted by Crippen LogP contribution is -2.08. The van der Waals surface area contributed by atoms with Gasteiger partial charge in [0.25, 0.3) is 0 Å². The second-order valence-electron chi connectivity index (χ2n) is 4.91. The van der Waals surface area contributed by atoms with E-state index in [1.807, 2.05) is 25.1 Å². The zero-order valence-corrected chi connectivity index (χ0v) is 13.7. The van der Waals surface area contributed by atoms with Gasteiger partial charge in [-0.15, -0.1) is 0 Å². The van der Waals surface area contributed by atoms with Gasteiger partial charge >= 0.3 is 5.97 Å². The Labute approximate surface area is 135 Å². The summed E-state index contributed by atoms with van der Waals surface area (Å²) in [5, 5.41) is 3.19. The van der Waals surface area contributed by atoms with Crippen LogP contribution in [0.15, 0.2) is 30.3 Å². The van der Waals surface area contributed by atoms with Crippen LogP contribution in [0.3, 0.4) is 0 Å². The number of methoxy groups -OCH3 is 3. The van der Waals surface area contributed by atoms with Crippen molar-refractivity contribution >= 4 is 11.8 Å². The zero-order chi connectivity index (χ0) is 16.8. The van der Waals surface area contributed by atoms with Crippen molar-refractivity contribution in [3.63, 3.8) is 0 Å². The van der Waals surface area contributed by atoms with E-state index >= 15 is 0 Å². The fourth-order valence-electron chi connectivity index (χ4n) is 2.14. The number of aromatic nitrogens is 1. The molecule has 0 saturated carbocycles. The van der Waals surface area contributed by atoms with Crippen LogP contribution < -0.4 is 14.8 Å². The van der Waals surface area contributed by atoms with Crippen molar-refractivity contribution in [2.75, 3.05) is 26.6 Å². The van der Waals surface area contributed by atoms with Gasteiger partial charge in [0.1, 0.15) is 17.1 Å². The lowest BCUT2D eigenvalue weighted by Gasteiger charge is -2.12. The molecule has 2 aromatic rings. The van der Waals surface area contributed by atoms with E-state index in [0.29, 0.717) is 12.4 Å². The van der Waals surface area contributed by atoms with Crippen molar-refractivity contribution in [2.24, 2.45) is 0 Å². The molecule has 2 rings (SSSR count). The lowest BCUT2D eigenvalue weighted by atomic mass is 10.1. The quantitative estimate of drug-likeness (QED) is 0.826. The number of rotatable bonds is 6. The summed E-state index contributed by atoms with van der Waals surface area (Å²) >= 11 is 0. The molecule has 6 heteroatoms. The average molecular weight is 316 g/mol. The number of benzene rings is 1. The summed E-state index contributed by atoms with van der Waals surface area (Å²) in [5.41, 5.74) is 2.43. The first-order valence-electron chi connectivity index (χ1n) is 7.09. The molecular formula is C17H20N2O4. The molecule has 23 heavy (non-hydrogen) atoms. The van der Waals surface area contributed by atoms with Crippen LogP contribution in [0.2, 0.25) is 0 Å². The maximum absolute atomic E-state index is 11.6. The van der Waals surface area contributed by atoms with Gasteiger partial charge in [-0.25, -0.2) is 4.79 Å². The number of aryl methyl sites for hydroxylation is 1. The fraction of sp³-hybridized carbons (Fsp3) is 0.294. The van der Waals surface area contributed by atoms with Gasteiger partial charge in [-0.05, 0) is 30.7 Å². The van der Waals surface area contributed by atoms with E-state index in [1.54, 1.807) is 19.2 Å². The molecule has 0 saturated heterocycles. The number of ether oxygens (including phenoxy) is 3. The minimum absolute atomic E-state index is 0.220. The van der Waals surface area contributed by atoms with Gasteiger partial charge in [0.15, 0.2) is 0 Å². The highest BCUT2D eigenvalue weighted by Crippen LogP contribution is 2.23. The molecule has 0 amide bonds. The Morgan fingerprint density at radius 1 is 1.13 bits per heavy atom. The van der Waals surface area contributed by atoms with E-state index in [1.165, 1.54) is 14.2 Å². The highest BCUT2D eigenvalue weighted by Gasteiger charge is 2.14. The average Bonchev–Trinajstić information content (AvgIpc) is 2.59. The summed E-state index contributed by atoms with van der Waals surface area (Å²) < 4.78 is 15.2. The molecule has 0 spiro atoms. The second kappa shape index (κ2) is 7.49. The van der Waals surface area contributed by atoms with Gasteiger partial charge in [0.05, 0.1) is 21.3 Å². The van der Waals surface area contributed by atoms with Crippen LogP contribution in [0.25, 0.3) is 0 Å². The highest BCUT2D eigenvalue weighted by molar-refractivity contribution is 5.92. The van der Waals surface area contributed by atoms with E-state index in [2.05, 4.69) is 10.3 Å². The molecule has 0 atom stereocenters. The summed E-state index contributed by atoms with van der Waals surface area (Å²) in [6.07, 6.45) is 0. The molecule has 0 radical (unpaired) electrons. The van der Waals surface area contributed by atoms with E-state index in [-0.39, 0.29) is 11.4 Å². The number of carbonyl (C=O) groups excluding carboxylic acids is 1. The third kappa shape index (κ3) is 3.91. The smallest absolute Gasteiger partial charge is 0.343 e. The molecule has 1 N–H and O–H groups in total. The molecule has 122 valence electrons. The third-order valence-electron chi connectivity index (χ3n) is 3.36. The van der Waals surface area contributed by atoms with Crippen LogP contribution >= 0.6 is 0 Å². The standard InChI is InChI=1S/C17H20N2O4/c1-11-5-6-12(14(9-11)21-2)10-18-15-8-7-13(17(20)23-4)16(19-15)22-3/h5-9H,10H2,1-4H3,(H,18,19). The third-order valence-corrected chi connectivity index (χ3v) is 3.36. The summed E-state index contributed by atoms with van der Waals surface area (Å²) in [6.45, 7) is 2.55. The lowest BCUT2D eigenvalue weighted by molar-refractivity contribution is 0.0596. The van der Waals surface area contributed by atoms with Crippen molar-refractivity contribution in [3.8, 4) is 11.6 Å². The Kier molecular flexibility index (Phi) is 5.41. The predicted molar refractivity (Wildman–Crippen MR) is 87.2 cm³/mol. The number of anilines is 1. The van der Waals surface area contributed by atoms with Crippen molar-refractivity contribution in [1.29, 1.82) is 0 Å². The number of esters is 1. The topological polar surface area (TPSA) is 69.7 Å². The summed E-state index contributed by atoms with van der Waals surface area (Å²) in [5.74, 6) is 1.15. The molecule has 0 unspecified atom stereocenters.